The molecular formula is C22H25N7O. The van der Waals surface area contributed by atoms with Crippen molar-refractivity contribution in [3.8, 4) is 0 Å². The first-order chi connectivity index (χ1) is 14.6. The minimum absolute atomic E-state index is 0.0470. The summed E-state index contributed by atoms with van der Waals surface area (Å²) in [6.45, 7) is 4.58. The van der Waals surface area contributed by atoms with Crippen LogP contribution in [-0.2, 0) is 4.79 Å². The van der Waals surface area contributed by atoms with Crippen molar-refractivity contribution in [2.24, 2.45) is 0 Å². The minimum Gasteiger partial charge on any atom is -0.345 e. The topological polar surface area (TPSA) is 99.7 Å². The monoisotopic (exact) mass is 403 g/mol. The molecule has 1 fully saturated rings. The number of carbonyl (C=O) groups excluding carboxylic acids is 1. The number of nitrogens with zero attached hydrogens (tertiary/aromatic N) is 5. The van der Waals surface area contributed by atoms with Crippen molar-refractivity contribution in [2.45, 2.75) is 39.2 Å². The largest absolute Gasteiger partial charge is 0.345 e. The molecule has 154 valence electrons. The maximum absolute atomic E-state index is 12.9. The van der Waals surface area contributed by atoms with Crippen LogP contribution in [0.2, 0.25) is 0 Å². The molecule has 0 bridgehead atoms. The number of H-pyrrole nitrogens is 1. The number of imidazole rings is 1. The van der Waals surface area contributed by atoms with Gasteiger partial charge in [-0.1, -0.05) is 6.07 Å². The van der Waals surface area contributed by atoms with Gasteiger partial charge in [0.2, 0.25) is 5.91 Å². The Kier molecular flexibility index (Phi) is 5.83. The van der Waals surface area contributed by atoms with E-state index in [4.69, 9.17) is 4.98 Å². The maximum Gasteiger partial charge on any atom is 0.247 e. The second kappa shape index (κ2) is 8.86. The third-order valence-corrected chi connectivity index (χ3v) is 5.02. The van der Waals surface area contributed by atoms with Crippen LogP contribution in [0.3, 0.4) is 0 Å². The van der Waals surface area contributed by atoms with Crippen LogP contribution in [0.5, 0.6) is 0 Å². The summed E-state index contributed by atoms with van der Waals surface area (Å²) >= 11 is 0. The Balaban J connectivity index is 1.57. The van der Waals surface area contributed by atoms with Crippen molar-refractivity contribution in [1.29, 1.82) is 0 Å². The molecule has 8 nitrogen and oxygen atoms in total. The number of amides is 1. The van der Waals surface area contributed by atoms with E-state index >= 15 is 0 Å². The van der Waals surface area contributed by atoms with Crippen molar-refractivity contribution < 1.29 is 4.79 Å². The van der Waals surface area contributed by atoms with Crippen LogP contribution in [0.4, 0.5) is 11.6 Å². The summed E-state index contributed by atoms with van der Waals surface area (Å²) in [6.07, 6.45) is 9.45. The van der Waals surface area contributed by atoms with Gasteiger partial charge in [0.05, 0.1) is 24.3 Å². The van der Waals surface area contributed by atoms with Crippen LogP contribution in [-0.4, -0.2) is 42.3 Å². The van der Waals surface area contributed by atoms with Crippen molar-refractivity contribution in [3.63, 3.8) is 0 Å². The first kappa shape index (κ1) is 19.8. The van der Waals surface area contributed by atoms with Crippen LogP contribution in [0.1, 0.15) is 48.2 Å². The highest BCUT2D eigenvalue weighted by molar-refractivity contribution is 5.91. The molecule has 0 spiro atoms. The quantitative estimate of drug-likeness (QED) is 0.630. The fourth-order valence-electron chi connectivity index (χ4n) is 3.63. The van der Waals surface area contributed by atoms with Gasteiger partial charge in [-0.3, -0.25) is 4.79 Å². The van der Waals surface area contributed by atoms with E-state index in [1.54, 1.807) is 24.7 Å². The number of likely N-dealkylation sites (tertiary alicyclic amines) is 1. The molecule has 0 aromatic carbocycles. The molecule has 30 heavy (non-hydrogen) atoms. The van der Waals surface area contributed by atoms with Crippen LogP contribution in [0.15, 0.2) is 42.9 Å². The van der Waals surface area contributed by atoms with Crippen molar-refractivity contribution in [3.05, 3.63) is 65.8 Å². The van der Waals surface area contributed by atoms with Crippen molar-refractivity contribution in [2.75, 3.05) is 11.9 Å². The standard InChI is InChI=1S/C22H25N7O/c1-15-6-5-8-19(25-15)27-20-12-16(2)26-22(28-20)18-7-3-4-11-29(18)21(30)10-9-17-13-23-14-24-17/h5-6,8-10,12-14,18H,3-4,7,11H2,1-2H3,(H,23,24)(H,25,26,27,28)/b10-9+. The van der Waals surface area contributed by atoms with E-state index in [9.17, 15) is 4.79 Å². The molecule has 8 heteroatoms. The molecule has 3 aromatic rings. The number of pyridine rings is 1. The molecule has 4 heterocycles. The number of piperidine rings is 1. The lowest BCUT2D eigenvalue weighted by molar-refractivity contribution is -0.129. The second-order valence-corrected chi connectivity index (χ2v) is 7.43. The molecule has 1 aliphatic rings. The predicted octanol–water partition coefficient (Wildman–Crippen LogP) is 3.72. The molecule has 4 rings (SSSR count). The summed E-state index contributed by atoms with van der Waals surface area (Å²) < 4.78 is 0. The van der Waals surface area contributed by atoms with E-state index in [2.05, 4.69) is 25.3 Å². The minimum atomic E-state index is -0.149. The first-order valence-corrected chi connectivity index (χ1v) is 10.1. The summed E-state index contributed by atoms with van der Waals surface area (Å²) in [5.74, 6) is 2.03. The third-order valence-electron chi connectivity index (χ3n) is 5.02. The van der Waals surface area contributed by atoms with Gasteiger partial charge in [-0.05, 0) is 51.3 Å². The lowest BCUT2D eigenvalue weighted by Crippen LogP contribution is -2.38. The average Bonchev–Trinajstić information content (AvgIpc) is 3.25. The fourth-order valence-corrected chi connectivity index (χ4v) is 3.63. The van der Waals surface area contributed by atoms with E-state index in [-0.39, 0.29) is 11.9 Å². The number of aromatic amines is 1. The first-order valence-electron chi connectivity index (χ1n) is 10.1. The average molecular weight is 403 g/mol. The van der Waals surface area contributed by atoms with Gasteiger partial charge >= 0.3 is 0 Å². The Bertz CT molecular complexity index is 1050. The number of hydrogen-bond acceptors (Lipinski definition) is 6. The molecule has 3 aromatic heterocycles. The zero-order valence-electron chi connectivity index (χ0n) is 17.2. The highest BCUT2D eigenvalue weighted by atomic mass is 16.2. The fraction of sp³-hybridized carbons (Fsp3) is 0.318. The zero-order chi connectivity index (χ0) is 20.9. The third kappa shape index (κ3) is 4.71. The van der Waals surface area contributed by atoms with Gasteiger partial charge in [0, 0.05) is 30.1 Å². The lowest BCUT2D eigenvalue weighted by atomic mass is 10.0. The maximum atomic E-state index is 12.9. The van der Waals surface area contributed by atoms with Gasteiger partial charge in [0.25, 0.3) is 0 Å². The Morgan fingerprint density at radius 3 is 2.87 bits per heavy atom. The molecule has 1 atom stereocenters. The molecule has 1 unspecified atom stereocenters. The zero-order valence-corrected chi connectivity index (χ0v) is 17.2. The van der Waals surface area contributed by atoms with Gasteiger partial charge in [0.15, 0.2) is 5.82 Å². The van der Waals surface area contributed by atoms with Crippen molar-refractivity contribution in [1.82, 2.24) is 29.8 Å². The number of carbonyl (C=O) groups is 1. The Morgan fingerprint density at radius 1 is 1.17 bits per heavy atom. The number of nitrogens with one attached hydrogen (secondary N) is 2. The van der Waals surface area contributed by atoms with Crippen LogP contribution in [0, 0.1) is 13.8 Å². The SMILES string of the molecule is Cc1cccc(Nc2cc(C)nc(C3CCCCN3C(=O)/C=C/c3cnc[nH]3)n2)n1. The van der Waals surface area contributed by atoms with Gasteiger partial charge in [-0.15, -0.1) is 0 Å². The number of anilines is 2. The van der Waals surface area contributed by atoms with E-state index in [1.165, 1.54) is 0 Å². The Labute approximate surface area is 175 Å². The smallest absolute Gasteiger partial charge is 0.247 e. The van der Waals surface area contributed by atoms with Crippen molar-refractivity contribution >= 4 is 23.6 Å². The summed E-state index contributed by atoms with van der Waals surface area (Å²) in [4.78, 5) is 35.6. The Hall–Kier alpha value is -3.55. The predicted molar refractivity (Wildman–Crippen MR) is 115 cm³/mol. The number of aromatic nitrogens is 5. The lowest BCUT2D eigenvalue weighted by Gasteiger charge is -2.34. The normalized spacial score (nSPS) is 16.7. The van der Waals surface area contributed by atoms with E-state index in [0.717, 1.165) is 42.2 Å². The van der Waals surface area contributed by atoms with Crippen LogP contribution >= 0.6 is 0 Å². The molecular weight excluding hydrogens is 378 g/mol. The Morgan fingerprint density at radius 2 is 2.07 bits per heavy atom. The van der Waals surface area contributed by atoms with Gasteiger partial charge in [0.1, 0.15) is 11.6 Å². The molecule has 1 aliphatic heterocycles. The van der Waals surface area contributed by atoms with E-state index < -0.39 is 0 Å². The van der Waals surface area contributed by atoms with Gasteiger partial charge in [-0.25, -0.2) is 19.9 Å². The molecule has 1 saturated heterocycles. The summed E-state index contributed by atoms with van der Waals surface area (Å²) in [6, 6.07) is 7.54. The molecule has 0 radical (unpaired) electrons. The highest BCUT2D eigenvalue weighted by Crippen LogP contribution is 2.30. The molecule has 2 N–H and O–H groups in total. The summed E-state index contributed by atoms with van der Waals surface area (Å²) in [7, 11) is 0. The van der Waals surface area contributed by atoms with E-state index in [1.807, 2.05) is 43.0 Å². The molecule has 0 aliphatic carbocycles. The number of hydrogen-bond donors (Lipinski definition) is 2. The second-order valence-electron chi connectivity index (χ2n) is 7.43. The van der Waals surface area contributed by atoms with Crippen LogP contribution < -0.4 is 5.32 Å². The van der Waals surface area contributed by atoms with Gasteiger partial charge in [-0.2, -0.15) is 0 Å². The van der Waals surface area contributed by atoms with E-state index in [0.29, 0.717) is 18.2 Å². The highest BCUT2D eigenvalue weighted by Gasteiger charge is 2.29. The van der Waals surface area contributed by atoms with Gasteiger partial charge < -0.3 is 15.2 Å². The number of rotatable bonds is 5. The number of aryl methyl sites for hydroxylation is 2. The molecule has 0 saturated carbocycles. The summed E-state index contributed by atoms with van der Waals surface area (Å²) in [5, 5.41) is 3.26. The molecule has 1 amide bonds. The van der Waals surface area contributed by atoms with Crippen LogP contribution in [0.25, 0.3) is 6.08 Å². The summed E-state index contributed by atoms with van der Waals surface area (Å²) in [5.41, 5.74) is 2.57.